The fourth-order valence-electron chi connectivity index (χ4n) is 4.16. The number of hydrogen-bond acceptors (Lipinski definition) is 5. The molecule has 5 rings (SSSR count). The van der Waals surface area contributed by atoms with E-state index in [1.165, 1.54) is 18.9 Å². The molecule has 4 nitrogen and oxygen atoms in total. The van der Waals surface area contributed by atoms with Gasteiger partial charge in [-0.2, -0.15) is 0 Å². The molecule has 4 heterocycles. The van der Waals surface area contributed by atoms with E-state index in [4.69, 9.17) is 4.74 Å². The maximum Gasteiger partial charge on any atom is 0.127 e. The summed E-state index contributed by atoms with van der Waals surface area (Å²) in [5.74, 6) is 1.24. The topological polar surface area (TPSA) is 28.6 Å². The number of halogens is 1. The van der Waals surface area contributed by atoms with Crippen molar-refractivity contribution in [3.63, 3.8) is 0 Å². The summed E-state index contributed by atoms with van der Waals surface area (Å²) in [6.45, 7) is 4.80. The van der Waals surface area contributed by atoms with Crippen LogP contribution in [0.25, 0.3) is 0 Å². The molecule has 0 spiro atoms. The van der Waals surface area contributed by atoms with Gasteiger partial charge in [-0.05, 0) is 37.0 Å². The fraction of sp³-hybridized carbons (Fsp3) is 0.526. The summed E-state index contributed by atoms with van der Waals surface area (Å²) in [6.07, 6.45) is 2.47. The van der Waals surface area contributed by atoms with E-state index in [1.807, 2.05) is 11.6 Å². The number of ether oxygens (including phenoxy) is 1. The van der Waals surface area contributed by atoms with E-state index in [9.17, 15) is 4.39 Å². The van der Waals surface area contributed by atoms with Crippen molar-refractivity contribution in [2.24, 2.45) is 5.92 Å². The molecule has 134 valence electrons. The lowest BCUT2D eigenvalue weighted by Gasteiger charge is -2.36. The summed E-state index contributed by atoms with van der Waals surface area (Å²) < 4.78 is 19.5. The van der Waals surface area contributed by atoms with E-state index < -0.39 is 0 Å². The SMILES string of the molecule is COc1ccc(F)c(CN2CC3CCC2CN(Cc2cscn2)C3)c1. The zero-order valence-corrected chi connectivity index (χ0v) is 15.3. The molecule has 0 saturated carbocycles. The van der Waals surface area contributed by atoms with Gasteiger partial charge < -0.3 is 4.74 Å². The summed E-state index contributed by atoms with van der Waals surface area (Å²) in [6, 6.07) is 5.52. The molecule has 1 aromatic carbocycles. The molecule has 25 heavy (non-hydrogen) atoms. The first kappa shape index (κ1) is 16.9. The smallest absolute Gasteiger partial charge is 0.127 e. The number of fused-ring (bicyclic) bond motifs is 4. The quantitative estimate of drug-likeness (QED) is 0.816. The average Bonchev–Trinajstić information content (AvgIpc) is 2.97. The third-order valence-corrected chi connectivity index (χ3v) is 6.03. The second kappa shape index (κ2) is 7.40. The third-order valence-electron chi connectivity index (χ3n) is 5.40. The number of thiazole rings is 1. The zero-order valence-electron chi connectivity index (χ0n) is 14.5. The van der Waals surface area contributed by atoms with E-state index in [0.29, 0.717) is 18.5 Å². The van der Waals surface area contributed by atoms with Crippen LogP contribution >= 0.6 is 11.3 Å². The summed E-state index contributed by atoms with van der Waals surface area (Å²) in [5, 5.41) is 2.14. The monoisotopic (exact) mass is 361 g/mol. The van der Waals surface area contributed by atoms with Crippen molar-refractivity contribution in [3.8, 4) is 5.75 Å². The first-order valence-corrected chi connectivity index (χ1v) is 9.81. The largest absolute Gasteiger partial charge is 0.497 e. The fourth-order valence-corrected chi connectivity index (χ4v) is 4.71. The Hall–Kier alpha value is -1.50. The standard InChI is InChI=1S/C19H24FN3OS/c1-24-18-4-5-19(20)15(6-18)9-23-8-14-2-3-17(23)11-22(7-14)10-16-12-25-13-21-16/h4-6,12-14,17H,2-3,7-11H2,1H3. The molecule has 6 heteroatoms. The molecule has 3 saturated heterocycles. The van der Waals surface area contributed by atoms with Gasteiger partial charge in [-0.25, -0.2) is 9.37 Å². The molecule has 2 atom stereocenters. The van der Waals surface area contributed by atoms with Crippen LogP contribution in [0.4, 0.5) is 4.39 Å². The van der Waals surface area contributed by atoms with Crippen LogP contribution in [-0.2, 0) is 13.1 Å². The van der Waals surface area contributed by atoms with E-state index >= 15 is 0 Å². The number of benzene rings is 1. The summed E-state index contributed by atoms with van der Waals surface area (Å²) >= 11 is 1.66. The maximum absolute atomic E-state index is 14.2. The molecule has 1 aromatic heterocycles. The van der Waals surface area contributed by atoms with E-state index in [-0.39, 0.29) is 5.82 Å². The lowest BCUT2D eigenvalue weighted by Crippen LogP contribution is -2.43. The highest BCUT2D eigenvalue weighted by Gasteiger charge is 2.35. The number of nitrogens with zero attached hydrogens (tertiary/aromatic N) is 3. The van der Waals surface area contributed by atoms with E-state index in [0.717, 1.165) is 43.2 Å². The van der Waals surface area contributed by atoms with Gasteiger partial charge in [-0.1, -0.05) is 0 Å². The molecule has 3 aliphatic rings. The highest BCUT2D eigenvalue weighted by molar-refractivity contribution is 7.07. The van der Waals surface area contributed by atoms with E-state index in [1.54, 1.807) is 24.5 Å². The highest BCUT2D eigenvalue weighted by atomic mass is 32.1. The molecular formula is C19H24FN3OS. The van der Waals surface area contributed by atoms with Crippen LogP contribution in [0.3, 0.4) is 0 Å². The molecular weight excluding hydrogens is 337 g/mol. The van der Waals surface area contributed by atoms with Crippen molar-refractivity contribution in [2.45, 2.75) is 32.0 Å². The molecule has 0 aliphatic carbocycles. The van der Waals surface area contributed by atoms with Crippen LogP contribution in [0, 0.1) is 11.7 Å². The van der Waals surface area contributed by atoms with Crippen LogP contribution in [0.5, 0.6) is 5.75 Å². The Morgan fingerprint density at radius 1 is 1.24 bits per heavy atom. The Labute approximate surface area is 152 Å². The normalized spacial score (nSPS) is 24.4. The van der Waals surface area contributed by atoms with Crippen molar-refractivity contribution in [3.05, 3.63) is 46.2 Å². The van der Waals surface area contributed by atoms with Crippen LogP contribution in [0.15, 0.2) is 29.1 Å². The number of aromatic nitrogens is 1. The van der Waals surface area contributed by atoms with Gasteiger partial charge in [0, 0.05) is 49.7 Å². The molecule has 0 amide bonds. The Kier molecular flexibility index (Phi) is 5.01. The number of hydrogen-bond donors (Lipinski definition) is 0. The lowest BCUT2D eigenvalue weighted by molar-refractivity contribution is 0.121. The van der Waals surface area contributed by atoms with Crippen molar-refractivity contribution in [1.29, 1.82) is 0 Å². The van der Waals surface area contributed by atoms with Gasteiger partial charge in [0.05, 0.1) is 18.3 Å². The summed E-state index contributed by atoms with van der Waals surface area (Å²) in [4.78, 5) is 9.42. The van der Waals surface area contributed by atoms with Crippen LogP contribution in [0.1, 0.15) is 24.1 Å². The van der Waals surface area contributed by atoms with Crippen LogP contribution in [-0.4, -0.2) is 47.6 Å². The van der Waals surface area contributed by atoms with Crippen molar-refractivity contribution >= 4 is 11.3 Å². The molecule has 2 unspecified atom stereocenters. The van der Waals surface area contributed by atoms with Crippen molar-refractivity contribution in [1.82, 2.24) is 14.8 Å². The second-order valence-electron chi connectivity index (χ2n) is 7.16. The Balaban J connectivity index is 1.47. The number of piperidine rings is 1. The maximum atomic E-state index is 14.2. The number of methoxy groups -OCH3 is 1. The Bertz CT molecular complexity index is 709. The van der Waals surface area contributed by atoms with Gasteiger partial charge in [-0.3, -0.25) is 9.80 Å². The minimum Gasteiger partial charge on any atom is -0.497 e. The summed E-state index contributed by atoms with van der Waals surface area (Å²) in [5.41, 5.74) is 3.80. The predicted octanol–water partition coefficient (Wildman–Crippen LogP) is 3.39. The molecule has 3 aliphatic heterocycles. The van der Waals surface area contributed by atoms with Gasteiger partial charge in [0.1, 0.15) is 11.6 Å². The molecule has 0 radical (unpaired) electrons. The Morgan fingerprint density at radius 3 is 2.96 bits per heavy atom. The number of rotatable bonds is 5. The van der Waals surface area contributed by atoms with Gasteiger partial charge in [0.25, 0.3) is 0 Å². The summed E-state index contributed by atoms with van der Waals surface area (Å²) in [7, 11) is 1.63. The van der Waals surface area contributed by atoms with Gasteiger partial charge in [0.2, 0.25) is 0 Å². The zero-order chi connectivity index (χ0) is 17.2. The molecule has 0 N–H and O–H groups in total. The van der Waals surface area contributed by atoms with Crippen molar-refractivity contribution in [2.75, 3.05) is 26.7 Å². The first-order valence-electron chi connectivity index (χ1n) is 8.87. The second-order valence-corrected chi connectivity index (χ2v) is 7.88. The Morgan fingerprint density at radius 2 is 2.16 bits per heavy atom. The minimum atomic E-state index is -0.139. The average molecular weight is 361 g/mol. The lowest BCUT2D eigenvalue weighted by atomic mass is 9.94. The molecule has 3 fully saturated rings. The van der Waals surface area contributed by atoms with Crippen LogP contribution < -0.4 is 4.74 Å². The van der Waals surface area contributed by atoms with E-state index in [2.05, 4.69) is 20.2 Å². The van der Waals surface area contributed by atoms with Crippen LogP contribution in [0.2, 0.25) is 0 Å². The van der Waals surface area contributed by atoms with Gasteiger partial charge >= 0.3 is 0 Å². The molecule has 2 aromatic rings. The molecule has 2 bridgehead atoms. The minimum absolute atomic E-state index is 0.139. The first-order chi connectivity index (χ1) is 12.2. The van der Waals surface area contributed by atoms with Crippen molar-refractivity contribution < 1.29 is 9.13 Å². The van der Waals surface area contributed by atoms with Gasteiger partial charge in [0.15, 0.2) is 0 Å². The predicted molar refractivity (Wildman–Crippen MR) is 97.3 cm³/mol. The third kappa shape index (κ3) is 3.86. The van der Waals surface area contributed by atoms with Gasteiger partial charge in [-0.15, -0.1) is 11.3 Å². The highest BCUT2D eigenvalue weighted by Crippen LogP contribution is 2.31.